The zero-order chi connectivity index (χ0) is 16.8. The molecule has 1 heterocycles. The Morgan fingerprint density at radius 1 is 1.29 bits per heavy atom. The molecule has 1 aromatic carbocycles. The molecule has 3 rings (SSSR count). The van der Waals surface area contributed by atoms with Gasteiger partial charge in [-0.05, 0) is 37.1 Å². The predicted molar refractivity (Wildman–Crippen MR) is 95.1 cm³/mol. The summed E-state index contributed by atoms with van der Waals surface area (Å²) in [4.78, 5) is 8.64. The Hall–Kier alpha value is -2.34. The van der Waals surface area contributed by atoms with Gasteiger partial charge in [0.2, 0.25) is 11.7 Å². The Bertz CT molecular complexity index is 715. The SMILES string of the molecule is CN=C(NCCc1nc(-c2ccc(Cl)cc2)no1)NC1CC=CC1. The van der Waals surface area contributed by atoms with Gasteiger partial charge in [-0.2, -0.15) is 4.98 Å². The number of guanidine groups is 1. The van der Waals surface area contributed by atoms with E-state index >= 15 is 0 Å². The van der Waals surface area contributed by atoms with Crippen molar-refractivity contribution in [1.29, 1.82) is 0 Å². The lowest BCUT2D eigenvalue weighted by molar-refractivity contribution is 0.378. The van der Waals surface area contributed by atoms with E-state index in [4.69, 9.17) is 16.1 Å². The summed E-state index contributed by atoms with van der Waals surface area (Å²) in [5.74, 6) is 1.95. The minimum Gasteiger partial charge on any atom is -0.356 e. The third-order valence-corrected chi connectivity index (χ3v) is 4.03. The molecule has 1 aliphatic rings. The van der Waals surface area contributed by atoms with Crippen LogP contribution >= 0.6 is 11.6 Å². The Balaban J connectivity index is 1.49. The third kappa shape index (κ3) is 4.35. The number of halogens is 1. The first kappa shape index (κ1) is 16.5. The fraction of sp³-hybridized carbons (Fsp3) is 0.353. The maximum Gasteiger partial charge on any atom is 0.228 e. The molecule has 1 aromatic heterocycles. The first-order valence-electron chi connectivity index (χ1n) is 7.95. The van der Waals surface area contributed by atoms with E-state index in [1.807, 2.05) is 24.3 Å². The monoisotopic (exact) mass is 345 g/mol. The molecule has 6 nitrogen and oxygen atoms in total. The summed E-state index contributed by atoms with van der Waals surface area (Å²) in [6.45, 7) is 0.669. The summed E-state index contributed by atoms with van der Waals surface area (Å²) >= 11 is 5.88. The average molecular weight is 346 g/mol. The molecule has 0 radical (unpaired) electrons. The van der Waals surface area contributed by atoms with Crippen LogP contribution < -0.4 is 10.6 Å². The molecule has 126 valence electrons. The lowest BCUT2D eigenvalue weighted by Crippen LogP contribution is -2.43. The van der Waals surface area contributed by atoms with E-state index in [0.29, 0.717) is 35.7 Å². The third-order valence-electron chi connectivity index (χ3n) is 3.77. The molecule has 0 atom stereocenters. The highest BCUT2D eigenvalue weighted by atomic mass is 35.5. The quantitative estimate of drug-likeness (QED) is 0.495. The van der Waals surface area contributed by atoms with Crippen LogP contribution in [0.1, 0.15) is 18.7 Å². The second-order valence-electron chi connectivity index (χ2n) is 5.55. The number of aliphatic imine (C=N–C) groups is 1. The smallest absolute Gasteiger partial charge is 0.228 e. The van der Waals surface area contributed by atoms with Gasteiger partial charge < -0.3 is 15.2 Å². The molecule has 2 aromatic rings. The van der Waals surface area contributed by atoms with Gasteiger partial charge in [-0.25, -0.2) is 0 Å². The summed E-state index contributed by atoms with van der Waals surface area (Å²) in [7, 11) is 1.77. The molecule has 0 spiro atoms. The highest BCUT2D eigenvalue weighted by Gasteiger charge is 2.12. The van der Waals surface area contributed by atoms with Crippen molar-refractivity contribution in [2.75, 3.05) is 13.6 Å². The molecule has 24 heavy (non-hydrogen) atoms. The van der Waals surface area contributed by atoms with E-state index < -0.39 is 0 Å². The summed E-state index contributed by atoms with van der Waals surface area (Å²) in [5.41, 5.74) is 0.883. The molecule has 0 amide bonds. The topological polar surface area (TPSA) is 75.3 Å². The number of aromatic nitrogens is 2. The van der Waals surface area contributed by atoms with Crippen LogP contribution in [0, 0.1) is 0 Å². The van der Waals surface area contributed by atoms with Gasteiger partial charge in [0.15, 0.2) is 5.96 Å². The standard InChI is InChI=1S/C17H20ClN5O/c1-19-17(21-14-4-2-3-5-14)20-11-10-15-22-16(23-24-15)12-6-8-13(18)9-7-12/h2-3,6-9,14H,4-5,10-11H2,1H3,(H2,19,20,21). The van der Waals surface area contributed by atoms with E-state index in [0.717, 1.165) is 24.4 Å². The summed E-state index contributed by atoms with van der Waals surface area (Å²) in [6, 6.07) is 7.79. The molecular formula is C17H20ClN5O. The minimum absolute atomic E-state index is 0.427. The lowest BCUT2D eigenvalue weighted by atomic mass is 10.2. The summed E-state index contributed by atoms with van der Waals surface area (Å²) in [5, 5.41) is 11.3. The first-order chi connectivity index (χ1) is 11.7. The largest absolute Gasteiger partial charge is 0.356 e. The van der Waals surface area contributed by atoms with Crippen molar-refractivity contribution in [2.45, 2.75) is 25.3 Å². The van der Waals surface area contributed by atoms with Crippen molar-refractivity contribution < 1.29 is 4.52 Å². The zero-order valence-electron chi connectivity index (χ0n) is 13.5. The zero-order valence-corrected chi connectivity index (χ0v) is 14.3. The molecule has 0 saturated carbocycles. The molecule has 7 heteroatoms. The first-order valence-corrected chi connectivity index (χ1v) is 8.33. The summed E-state index contributed by atoms with van der Waals surface area (Å²) < 4.78 is 5.29. The van der Waals surface area contributed by atoms with Gasteiger partial charge in [-0.1, -0.05) is 28.9 Å². The van der Waals surface area contributed by atoms with Crippen LogP contribution in [0.25, 0.3) is 11.4 Å². The minimum atomic E-state index is 0.427. The number of rotatable bonds is 5. The Morgan fingerprint density at radius 3 is 2.75 bits per heavy atom. The van der Waals surface area contributed by atoms with Crippen LogP contribution in [0.15, 0.2) is 45.9 Å². The second-order valence-corrected chi connectivity index (χ2v) is 5.99. The molecule has 0 bridgehead atoms. The fourth-order valence-electron chi connectivity index (χ4n) is 2.48. The Kier molecular flexibility index (Phi) is 5.48. The van der Waals surface area contributed by atoms with E-state index in [9.17, 15) is 0 Å². The Morgan fingerprint density at radius 2 is 2.04 bits per heavy atom. The van der Waals surface area contributed by atoms with Crippen molar-refractivity contribution in [2.24, 2.45) is 4.99 Å². The van der Waals surface area contributed by atoms with Gasteiger partial charge in [0.05, 0.1) is 0 Å². The van der Waals surface area contributed by atoms with Crippen molar-refractivity contribution >= 4 is 17.6 Å². The molecule has 2 N–H and O–H groups in total. The van der Waals surface area contributed by atoms with Gasteiger partial charge >= 0.3 is 0 Å². The van der Waals surface area contributed by atoms with Crippen LogP contribution in [-0.2, 0) is 6.42 Å². The maximum absolute atomic E-state index is 5.88. The van der Waals surface area contributed by atoms with Gasteiger partial charge in [0.1, 0.15) is 0 Å². The fourth-order valence-corrected chi connectivity index (χ4v) is 2.61. The predicted octanol–water partition coefficient (Wildman–Crippen LogP) is 2.82. The number of hydrogen-bond acceptors (Lipinski definition) is 4. The average Bonchev–Trinajstić information content (AvgIpc) is 3.26. The van der Waals surface area contributed by atoms with Gasteiger partial charge in [-0.15, -0.1) is 0 Å². The van der Waals surface area contributed by atoms with Gasteiger partial charge in [0, 0.05) is 36.6 Å². The van der Waals surface area contributed by atoms with Crippen LogP contribution in [0.4, 0.5) is 0 Å². The molecule has 0 unspecified atom stereocenters. The van der Waals surface area contributed by atoms with Gasteiger partial charge in [0.25, 0.3) is 0 Å². The second kappa shape index (κ2) is 7.97. The van der Waals surface area contributed by atoms with Crippen LogP contribution in [0.2, 0.25) is 5.02 Å². The normalized spacial score (nSPS) is 15.0. The number of nitrogens with zero attached hydrogens (tertiary/aromatic N) is 3. The maximum atomic E-state index is 5.88. The van der Waals surface area contributed by atoms with E-state index in [2.05, 4.69) is 37.9 Å². The highest BCUT2D eigenvalue weighted by Crippen LogP contribution is 2.18. The molecule has 0 saturated heterocycles. The van der Waals surface area contributed by atoms with Crippen molar-refractivity contribution in [3.63, 3.8) is 0 Å². The van der Waals surface area contributed by atoms with Crippen molar-refractivity contribution in [3.05, 3.63) is 47.3 Å². The van der Waals surface area contributed by atoms with E-state index in [1.165, 1.54) is 0 Å². The molecule has 1 aliphatic carbocycles. The molecule has 0 fully saturated rings. The number of nitrogens with one attached hydrogen (secondary N) is 2. The highest BCUT2D eigenvalue weighted by molar-refractivity contribution is 6.30. The number of hydrogen-bond donors (Lipinski definition) is 2. The lowest BCUT2D eigenvalue weighted by Gasteiger charge is -2.16. The van der Waals surface area contributed by atoms with Crippen molar-refractivity contribution in [1.82, 2.24) is 20.8 Å². The van der Waals surface area contributed by atoms with E-state index in [-0.39, 0.29) is 0 Å². The van der Waals surface area contributed by atoms with Gasteiger partial charge in [-0.3, -0.25) is 4.99 Å². The number of benzene rings is 1. The summed E-state index contributed by atoms with van der Waals surface area (Å²) in [6.07, 6.45) is 7.07. The van der Waals surface area contributed by atoms with E-state index in [1.54, 1.807) is 7.05 Å². The Labute approximate surface area is 146 Å². The van der Waals surface area contributed by atoms with Crippen molar-refractivity contribution in [3.8, 4) is 11.4 Å². The molecule has 0 aliphatic heterocycles. The van der Waals surface area contributed by atoms with Crippen LogP contribution in [-0.4, -0.2) is 35.7 Å². The molecular weight excluding hydrogens is 326 g/mol. The van der Waals surface area contributed by atoms with Crippen LogP contribution in [0.5, 0.6) is 0 Å². The van der Waals surface area contributed by atoms with Crippen LogP contribution in [0.3, 0.4) is 0 Å².